The summed E-state index contributed by atoms with van der Waals surface area (Å²) in [6.45, 7) is 1.56. The Morgan fingerprint density at radius 2 is 2.00 bits per heavy atom. The minimum atomic E-state index is -0.929. The number of aromatic nitrogens is 1. The second-order valence-corrected chi connectivity index (χ2v) is 4.62. The van der Waals surface area contributed by atoms with Crippen LogP contribution < -0.4 is 4.74 Å². The molecule has 2 rings (SSSR count). The normalized spacial score (nSPS) is 10.5. The summed E-state index contributed by atoms with van der Waals surface area (Å²) in [5, 5.41) is 9.13. The molecule has 0 bridgehead atoms. The third-order valence-corrected chi connectivity index (χ3v) is 3.15. The van der Waals surface area contributed by atoms with Crippen molar-refractivity contribution < 1.29 is 19.4 Å². The van der Waals surface area contributed by atoms with Crippen LogP contribution >= 0.6 is 0 Å². The van der Waals surface area contributed by atoms with Gasteiger partial charge >= 0.3 is 5.97 Å². The lowest BCUT2D eigenvalue weighted by atomic mass is 10.2. The zero-order valence-electron chi connectivity index (χ0n) is 12.0. The monoisotopic (exact) mass is 289 g/mol. The molecule has 112 valence electrons. The zero-order chi connectivity index (χ0) is 15.1. The largest absolute Gasteiger partial charge is 0.494 e. The maximum absolute atomic E-state index is 11.1. The highest BCUT2D eigenvalue weighted by atomic mass is 16.5. The molecule has 21 heavy (non-hydrogen) atoms. The van der Waals surface area contributed by atoms with E-state index in [0.717, 1.165) is 12.2 Å². The quantitative estimate of drug-likeness (QED) is 0.759. The molecule has 0 spiro atoms. The summed E-state index contributed by atoms with van der Waals surface area (Å²) in [5.74, 6) is -0.0883. The van der Waals surface area contributed by atoms with Crippen LogP contribution in [0.5, 0.6) is 5.75 Å². The predicted octanol–water partition coefficient (Wildman–Crippen LogP) is 2.80. The van der Waals surface area contributed by atoms with Crippen LogP contribution in [-0.2, 0) is 17.9 Å². The number of rotatable bonds is 8. The molecule has 0 unspecified atom stereocenters. The molecule has 0 aliphatic heterocycles. The third-order valence-electron chi connectivity index (χ3n) is 3.15. The fourth-order valence-corrected chi connectivity index (χ4v) is 2.15. The van der Waals surface area contributed by atoms with Gasteiger partial charge in [0, 0.05) is 19.9 Å². The maximum Gasteiger partial charge on any atom is 0.337 e. The van der Waals surface area contributed by atoms with Gasteiger partial charge in [0.05, 0.1) is 24.5 Å². The number of methoxy groups -OCH3 is 1. The van der Waals surface area contributed by atoms with Crippen LogP contribution in [0.25, 0.3) is 0 Å². The van der Waals surface area contributed by atoms with Crippen molar-refractivity contribution in [3.05, 3.63) is 53.9 Å². The molecule has 0 aliphatic carbocycles. The average Bonchev–Trinajstić information content (AvgIpc) is 2.88. The molecule has 1 aromatic carbocycles. The minimum Gasteiger partial charge on any atom is -0.494 e. The van der Waals surface area contributed by atoms with Crippen LogP contribution in [0.1, 0.15) is 22.5 Å². The highest BCUT2D eigenvalue weighted by molar-refractivity contribution is 5.89. The van der Waals surface area contributed by atoms with Gasteiger partial charge in [-0.1, -0.05) is 18.2 Å². The molecule has 2 aromatic rings. The summed E-state index contributed by atoms with van der Waals surface area (Å²) < 4.78 is 12.6. The fourth-order valence-electron chi connectivity index (χ4n) is 2.15. The molecular weight excluding hydrogens is 270 g/mol. The van der Waals surface area contributed by atoms with Gasteiger partial charge in [-0.15, -0.1) is 0 Å². The second-order valence-electron chi connectivity index (χ2n) is 4.62. The van der Waals surface area contributed by atoms with E-state index in [0.29, 0.717) is 24.4 Å². The van der Waals surface area contributed by atoms with Gasteiger partial charge in [-0.25, -0.2) is 4.79 Å². The summed E-state index contributed by atoms with van der Waals surface area (Å²) in [5.41, 5.74) is 0.977. The number of para-hydroxylation sites is 1. The molecule has 0 amide bonds. The van der Waals surface area contributed by atoms with Gasteiger partial charge in [0.1, 0.15) is 5.75 Å². The van der Waals surface area contributed by atoms with E-state index in [1.54, 1.807) is 19.4 Å². The number of hydrogen-bond acceptors (Lipinski definition) is 3. The smallest absolute Gasteiger partial charge is 0.337 e. The fraction of sp³-hybridized carbons (Fsp3) is 0.312. The summed E-state index contributed by atoms with van der Waals surface area (Å²) in [6.07, 6.45) is 2.57. The van der Waals surface area contributed by atoms with Crippen LogP contribution in [0.15, 0.2) is 42.6 Å². The Labute approximate surface area is 123 Å². The van der Waals surface area contributed by atoms with E-state index in [4.69, 9.17) is 14.6 Å². The van der Waals surface area contributed by atoms with Gasteiger partial charge in [0.25, 0.3) is 0 Å². The first-order valence-electron chi connectivity index (χ1n) is 6.80. The van der Waals surface area contributed by atoms with Crippen molar-refractivity contribution in [1.29, 1.82) is 0 Å². The van der Waals surface area contributed by atoms with Crippen molar-refractivity contribution in [3.8, 4) is 5.75 Å². The number of aromatic carboxylic acids is 1. The molecule has 0 fully saturated rings. The van der Waals surface area contributed by atoms with Gasteiger partial charge in [-0.3, -0.25) is 0 Å². The number of nitrogens with zero attached hydrogens (tertiary/aromatic N) is 1. The first kappa shape index (κ1) is 15.1. The van der Waals surface area contributed by atoms with Crippen molar-refractivity contribution in [2.24, 2.45) is 0 Å². The van der Waals surface area contributed by atoms with Gasteiger partial charge in [0.2, 0.25) is 0 Å². The van der Waals surface area contributed by atoms with Gasteiger partial charge < -0.3 is 19.1 Å². The van der Waals surface area contributed by atoms with Crippen molar-refractivity contribution >= 4 is 5.97 Å². The molecule has 0 radical (unpaired) electrons. The number of ether oxygens (including phenoxy) is 2. The Bertz CT molecular complexity index is 577. The van der Waals surface area contributed by atoms with E-state index in [1.807, 2.05) is 34.9 Å². The highest BCUT2D eigenvalue weighted by Gasteiger charge is 2.14. The van der Waals surface area contributed by atoms with Gasteiger partial charge in [-0.05, 0) is 24.6 Å². The van der Waals surface area contributed by atoms with Gasteiger partial charge in [0.15, 0.2) is 0 Å². The average molecular weight is 289 g/mol. The number of hydrogen-bond donors (Lipinski definition) is 1. The number of benzene rings is 1. The van der Waals surface area contributed by atoms with Crippen LogP contribution in [-0.4, -0.2) is 29.4 Å². The summed E-state index contributed by atoms with van der Waals surface area (Å²) in [6, 6.07) is 11.2. The summed E-state index contributed by atoms with van der Waals surface area (Å²) >= 11 is 0. The third kappa shape index (κ3) is 4.10. The Kier molecular flexibility index (Phi) is 5.40. The maximum atomic E-state index is 11.1. The lowest BCUT2D eigenvalue weighted by Gasteiger charge is -2.10. The number of carboxylic acids is 1. The molecular formula is C16H19NO4. The van der Waals surface area contributed by atoms with E-state index in [2.05, 4.69) is 0 Å². The van der Waals surface area contributed by atoms with E-state index in [9.17, 15) is 4.79 Å². The Morgan fingerprint density at radius 1 is 1.24 bits per heavy atom. The van der Waals surface area contributed by atoms with Crippen molar-refractivity contribution in [2.75, 3.05) is 13.7 Å². The molecule has 1 aromatic heterocycles. The second kappa shape index (κ2) is 7.50. The Morgan fingerprint density at radius 3 is 2.67 bits per heavy atom. The lowest BCUT2D eigenvalue weighted by Crippen LogP contribution is -2.10. The summed E-state index contributed by atoms with van der Waals surface area (Å²) in [7, 11) is 1.56. The molecule has 5 heteroatoms. The standard InChI is InChI=1S/C16H19NO4/c1-20-12-15-14(16(18)19)8-10-17(15)9-5-11-21-13-6-3-2-4-7-13/h2-4,6-8,10H,5,9,11-12H2,1H3,(H,18,19). The molecule has 1 N–H and O–H groups in total. The van der Waals surface area contributed by atoms with E-state index < -0.39 is 5.97 Å². The molecule has 0 aliphatic rings. The van der Waals surface area contributed by atoms with E-state index in [1.165, 1.54) is 0 Å². The first-order chi connectivity index (χ1) is 10.2. The Hall–Kier alpha value is -2.27. The van der Waals surface area contributed by atoms with Crippen LogP contribution in [0.2, 0.25) is 0 Å². The number of carbonyl (C=O) groups is 1. The van der Waals surface area contributed by atoms with Crippen LogP contribution in [0.3, 0.4) is 0 Å². The topological polar surface area (TPSA) is 60.7 Å². The van der Waals surface area contributed by atoms with Crippen LogP contribution in [0, 0.1) is 0 Å². The predicted molar refractivity (Wildman–Crippen MR) is 78.7 cm³/mol. The first-order valence-corrected chi connectivity index (χ1v) is 6.80. The van der Waals surface area contributed by atoms with Gasteiger partial charge in [-0.2, -0.15) is 0 Å². The van der Waals surface area contributed by atoms with Crippen molar-refractivity contribution in [3.63, 3.8) is 0 Å². The van der Waals surface area contributed by atoms with E-state index >= 15 is 0 Å². The summed E-state index contributed by atoms with van der Waals surface area (Å²) in [4.78, 5) is 11.1. The minimum absolute atomic E-state index is 0.286. The molecule has 1 heterocycles. The van der Waals surface area contributed by atoms with E-state index in [-0.39, 0.29) is 6.61 Å². The number of carboxylic acid groups (broad SMARTS) is 1. The van der Waals surface area contributed by atoms with Crippen LogP contribution in [0.4, 0.5) is 0 Å². The molecule has 0 saturated heterocycles. The highest BCUT2D eigenvalue weighted by Crippen LogP contribution is 2.14. The molecule has 0 saturated carbocycles. The SMILES string of the molecule is COCc1c(C(=O)O)ccn1CCCOc1ccccc1. The molecule has 0 atom stereocenters. The lowest BCUT2D eigenvalue weighted by molar-refractivity contribution is 0.0691. The number of aryl methyl sites for hydroxylation is 1. The zero-order valence-corrected chi connectivity index (χ0v) is 12.0. The molecule has 5 nitrogen and oxygen atoms in total. The van der Waals surface area contributed by atoms with Crippen molar-refractivity contribution in [2.45, 2.75) is 19.6 Å². The Balaban J connectivity index is 1.89. The van der Waals surface area contributed by atoms with Crippen molar-refractivity contribution in [1.82, 2.24) is 4.57 Å².